The van der Waals surface area contributed by atoms with Crippen molar-refractivity contribution in [3.05, 3.63) is 108 Å². The molecule has 3 heterocycles. The van der Waals surface area contributed by atoms with E-state index in [9.17, 15) is 0 Å². The van der Waals surface area contributed by atoms with Gasteiger partial charge in [-0.15, -0.1) is 0 Å². The highest BCUT2D eigenvalue weighted by molar-refractivity contribution is 6.98. The van der Waals surface area contributed by atoms with Crippen LogP contribution < -0.4 is 35.5 Å². The fraction of sp³-hybridized carbons (Fsp3) is 0.167. The van der Waals surface area contributed by atoms with Crippen molar-refractivity contribution in [3.63, 3.8) is 0 Å². The van der Waals surface area contributed by atoms with Crippen molar-refractivity contribution in [1.82, 2.24) is 0 Å². The minimum absolute atomic E-state index is 0.0354. The quantitative estimate of drug-likeness (QED) is 0.213. The maximum absolute atomic E-state index is 6.76. The van der Waals surface area contributed by atoms with Crippen LogP contribution in [0.3, 0.4) is 0 Å². The van der Waals surface area contributed by atoms with Gasteiger partial charge in [0.05, 0.1) is 17.1 Å². The summed E-state index contributed by atoms with van der Waals surface area (Å²) < 4.78 is 19.8. The molecule has 0 amide bonds. The average Bonchev–Trinajstić information content (AvgIpc) is 2.98. The number of hydrogen-bond donors (Lipinski definition) is 0. The lowest BCUT2D eigenvalue weighted by atomic mass is 9.34. The van der Waals surface area contributed by atoms with E-state index in [4.69, 9.17) is 14.2 Å². The second kappa shape index (κ2) is 8.94. The predicted octanol–water partition coefficient (Wildman–Crippen LogP) is 8.24. The molecule has 4 nitrogen and oxygen atoms in total. The predicted molar refractivity (Wildman–Crippen MR) is 167 cm³/mol. The highest BCUT2D eigenvalue weighted by Crippen LogP contribution is 2.51. The number of hydrogen-bond acceptors (Lipinski definition) is 4. The maximum atomic E-state index is 6.76. The topological polar surface area (TPSA) is 30.9 Å². The smallest absolute Gasteiger partial charge is 0.260 e. The van der Waals surface area contributed by atoms with Crippen LogP contribution in [0.4, 0.5) is 17.1 Å². The Labute approximate surface area is 241 Å². The molecular weight excluding hydrogens is 505 g/mol. The SMILES string of the molecule is CC(C)c1ccc2c(c1)Oc1cc(N3c4ccccc4Oc4ccccc43)cc3c1B2c1ccc(C(C)C)cc1O3. The first-order valence-corrected chi connectivity index (χ1v) is 14.4. The lowest BCUT2D eigenvalue weighted by molar-refractivity contribution is 0.462. The van der Waals surface area contributed by atoms with E-state index in [0.717, 1.165) is 57.0 Å². The van der Waals surface area contributed by atoms with Gasteiger partial charge in [-0.25, -0.2) is 0 Å². The molecule has 0 atom stereocenters. The summed E-state index contributed by atoms with van der Waals surface area (Å²) in [5.41, 5.74) is 8.90. The van der Waals surface area contributed by atoms with Gasteiger partial charge in [-0.1, -0.05) is 76.2 Å². The number of rotatable bonds is 3. The molecule has 5 aromatic carbocycles. The minimum atomic E-state index is 0.0354. The fourth-order valence-electron chi connectivity index (χ4n) is 6.34. The van der Waals surface area contributed by atoms with E-state index >= 15 is 0 Å². The number of fused-ring (bicyclic) bond motifs is 6. The lowest BCUT2D eigenvalue weighted by Crippen LogP contribution is -2.57. The highest BCUT2D eigenvalue weighted by Gasteiger charge is 2.41. The third kappa shape index (κ3) is 3.68. The zero-order valence-corrected chi connectivity index (χ0v) is 23.6. The van der Waals surface area contributed by atoms with Gasteiger partial charge in [0.2, 0.25) is 0 Å². The van der Waals surface area contributed by atoms with Crippen LogP contribution in [0.15, 0.2) is 97.1 Å². The number of anilines is 3. The monoisotopic (exact) mass is 535 g/mol. The number of benzene rings is 5. The molecule has 0 aliphatic carbocycles. The van der Waals surface area contributed by atoms with Crippen molar-refractivity contribution in [2.75, 3.05) is 4.90 Å². The van der Waals surface area contributed by atoms with Crippen molar-refractivity contribution in [2.45, 2.75) is 39.5 Å². The molecule has 0 N–H and O–H groups in total. The Hall–Kier alpha value is -4.64. The van der Waals surface area contributed by atoms with Crippen molar-refractivity contribution in [3.8, 4) is 34.5 Å². The van der Waals surface area contributed by atoms with Crippen LogP contribution in [0.2, 0.25) is 0 Å². The van der Waals surface area contributed by atoms with E-state index in [2.05, 4.69) is 93.3 Å². The van der Waals surface area contributed by atoms with Crippen LogP contribution in [0, 0.1) is 0 Å². The zero-order valence-electron chi connectivity index (χ0n) is 23.6. The second-order valence-electron chi connectivity index (χ2n) is 11.8. The van der Waals surface area contributed by atoms with Gasteiger partial charge in [-0.2, -0.15) is 0 Å². The highest BCUT2D eigenvalue weighted by atomic mass is 16.5. The van der Waals surface area contributed by atoms with E-state index in [-0.39, 0.29) is 6.71 Å². The molecule has 8 rings (SSSR count). The molecule has 41 heavy (non-hydrogen) atoms. The lowest BCUT2D eigenvalue weighted by Gasteiger charge is -2.37. The molecule has 0 unspecified atom stereocenters. The Balaban J connectivity index is 1.37. The van der Waals surface area contributed by atoms with Crippen LogP contribution in [0.5, 0.6) is 34.5 Å². The van der Waals surface area contributed by atoms with E-state index in [0.29, 0.717) is 11.8 Å². The molecule has 3 aliphatic heterocycles. The third-order valence-corrected chi connectivity index (χ3v) is 8.54. The van der Waals surface area contributed by atoms with E-state index in [1.54, 1.807) is 0 Å². The van der Waals surface area contributed by atoms with Gasteiger partial charge in [-0.05, 0) is 70.3 Å². The summed E-state index contributed by atoms with van der Waals surface area (Å²) in [5, 5.41) is 0. The first-order valence-electron chi connectivity index (χ1n) is 14.4. The number of ether oxygens (including phenoxy) is 3. The Morgan fingerprint density at radius 2 is 0.976 bits per heavy atom. The molecule has 0 bridgehead atoms. The second-order valence-corrected chi connectivity index (χ2v) is 11.8. The molecule has 0 fully saturated rings. The molecule has 3 aliphatic rings. The van der Waals surface area contributed by atoms with Gasteiger partial charge in [0.15, 0.2) is 11.5 Å². The minimum Gasteiger partial charge on any atom is -0.458 e. The van der Waals surface area contributed by atoms with Gasteiger partial charge in [0.1, 0.15) is 23.0 Å². The Kier molecular flexibility index (Phi) is 5.27. The summed E-state index contributed by atoms with van der Waals surface area (Å²) in [5.74, 6) is 5.94. The Morgan fingerprint density at radius 3 is 1.46 bits per heavy atom. The van der Waals surface area contributed by atoms with Gasteiger partial charge < -0.3 is 19.1 Å². The molecule has 5 heteroatoms. The fourth-order valence-corrected chi connectivity index (χ4v) is 6.34. The summed E-state index contributed by atoms with van der Waals surface area (Å²) in [6, 6.07) is 34.0. The first-order chi connectivity index (χ1) is 20.0. The summed E-state index contributed by atoms with van der Waals surface area (Å²) in [7, 11) is 0. The van der Waals surface area contributed by atoms with Crippen molar-refractivity contribution >= 4 is 40.2 Å². The van der Waals surface area contributed by atoms with Crippen LogP contribution in [-0.2, 0) is 0 Å². The zero-order chi connectivity index (χ0) is 27.8. The Morgan fingerprint density at radius 1 is 0.512 bits per heavy atom. The normalized spacial score (nSPS) is 13.8. The van der Waals surface area contributed by atoms with Crippen molar-refractivity contribution in [2.24, 2.45) is 0 Å². The number of para-hydroxylation sites is 4. The van der Waals surface area contributed by atoms with Crippen LogP contribution >= 0.6 is 0 Å². The molecule has 0 radical (unpaired) electrons. The maximum Gasteiger partial charge on any atom is 0.260 e. The van der Waals surface area contributed by atoms with Gasteiger partial charge in [0, 0.05) is 17.6 Å². The molecule has 0 saturated heterocycles. The standard InChI is InChI=1S/C36H30BNO3/c1-21(2)23-13-15-26-32(17-23)40-34-19-25(38-28-9-5-7-11-30(28)39-31-12-8-6-10-29(31)38)20-35-36(34)37(26)27-16-14-24(22(3)4)18-33(27)41-35/h5-22H,1-4H3. The molecule has 0 spiro atoms. The summed E-state index contributed by atoms with van der Waals surface area (Å²) in [6.45, 7) is 8.92. The van der Waals surface area contributed by atoms with Crippen LogP contribution in [0.1, 0.15) is 50.7 Å². The molecule has 5 aromatic rings. The average molecular weight is 535 g/mol. The molecular formula is C36H30BNO3. The summed E-state index contributed by atoms with van der Waals surface area (Å²) in [6.07, 6.45) is 0. The third-order valence-electron chi connectivity index (χ3n) is 8.54. The van der Waals surface area contributed by atoms with E-state index in [1.807, 2.05) is 36.4 Å². The largest absolute Gasteiger partial charge is 0.458 e. The molecule has 0 saturated carbocycles. The van der Waals surface area contributed by atoms with E-state index in [1.165, 1.54) is 22.1 Å². The van der Waals surface area contributed by atoms with Gasteiger partial charge in [0.25, 0.3) is 6.71 Å². The van der Waals surface area contributed by atoms with Crippen LogP contribution in [0.25, 0.3) is 0 Å². The first kappa shape index (κ1) is 24.2. The van der Waals surface area contributed by atoms with E-state index < -0.39 is 0 Å². The number of nitrogens with zero attached hydrogens (tertiary/aromatic N) is 1. The summed E-state index contributed by atoms with van der Waals surface area (Å²) in [4.78, 5) is 2.24. The van der Waals surface area contributed by atoms with Gasteiger partial charge >= 0.3 is 0 Å². The van der Waals surface area contributed by atoms with Gasteiger partial charge in [-0.3, -0.25) is 0 Å². The molecule has 200 valence electrons. The Bertz CT molecular complexity index is 1730. The van der Waals surface area contributed by atoms with Crippen molar-refractivity contribution < 1.29 is 14.2 Å². The van der Waals surface area contributed by atoms with Crippen LogP contribution in [-0.4, -0.2) is 6.71 Å². The van der Waals surface area contributed by atoms with Crippen molar-refractivity contribution in [1.29, 1.82) is 0 Å². The summed E-state index contributed by atoms with van der Waals surface area (Å²) >= 11 is 0. The molecule has 0 aromatic heterocycles.